The number of hydrogen-bond acceptors (Lipinski definition) is 7. The molecule has 37 heavy (non-hydrogen) atoms. The average molecular weight is 543 g/mol. The van der Waals surface area contributed by atoms with Crippen LogP contribution >= 0.6 is 22.9 Å². The topological polar surface area (TPSA) is 122 Å². The van der Waals surface area contributed by atoms with Crippen molar-refractivity contribution < 1.29 is 14.8 Å². The molecule has 3 N–H and O–H groups in total. The molecule has 3 heterocycles. The van der Waals surface area contributed by atoms with Crippen LogP contribution in [-0.2, 0) is 15.1 Å². The molecule has 1 atom stereocenters. The molecule has 11 heteroatoms. The van der Waals surface area contributed by atoms with E-state index in [1.54, 1.807) is 16.8 Å². The minimum Gasteiger partial charge on any atom is -0.356 e. The van der Waals surface area contributed by atoms with Gasteiger partial charge in [-0.1, -0.05) is 30.2 Å². The molecule has 0 bridgehead atoms. The molecular formula is C26H31ClN6O3S. The van der Waals surface area contributed by atoms with Gasteiger partial charge in [0, 0.05) is 34.0 Å². The standard InChI is InChI=1S/C26H31ClN6O3S/c1-15-16(2)37-24-22(15)23(18-9-11-19(27)12-10-18)29-26(4,25-31-30-17(3)33(24)25)14-21(35)28-13-7-5-6-8-20(34)32-36/h9-12,36H,5-8,13-14H2,1-4H3,(H,28,35)(H,32,34)/t26-/m0/s1. The normalized spacial score (nSPS) is 16.4. The lowest BCUT2D eigenvalue weighted by Crippen LogP contribution is -2.34. The molecule has 196 valence electrons. The third-order valence-electron chi connectivity index (χ3n) is 6.62. The Bertz CT molecular complexity index is 1350. The molecule has 0 fully saturated rings. The fraction of sp³-hybridized carbons (Fsp3) is 0.423. The fourth-order valence-corrected chi connectivity index (χ4v) is 5.87. The van der Waals surface area contributed by atoms with Gasteiger partial charge in [0.05, 0.1) is 12.1 Å². The van der Waals surface area contributed by atoms with E-state index in [-0.39, 0.29) is 18.7 Å². The minimum absolute atomic E-state index is 0.0993. The first-order valence-corrected chi connectivity index (χ1v) is 13.4. The van der Waals surface area contributed by atoms with Gasteiger partial charge in [0.1, 0.15) is 16.4 Å². The van der Waals surface area contributed by atoms with Crippen LogP contribution in [0.15, 0.2) is 29.3 Å². The second-order valence-electron chi connectivity index (χ2n) is 9.48. The third-order valence-corrected chi connectivity index (χ3v) is 8.07. The molecule has 0 spiro atoms. The maximum Gasteiger partial charge on any atom is 0.243 e. The number of thiophene rings is 1. The Kier molecular flexibility index (Phi) is 8.11. The van der Waals surface area contributed by atoms with Crippen LogP contribution in [-0.4, -0.2) is 44.0 Å². The Labute approximate surface area is 224 Å². The Hall–Kier alpha value is -3.08. The zero-order valence-electron chi connectivity index (χ0n) is 21.4. The molecule has 1 aliphatic rings. The van der Waals surface area contributed by atoms with E-state index in [0.29, 0.717) is 23.8 Å². The number of benzene rings is 1. The van der Waals surface area contributed by atoms with E-state index in [0.717, 1.165) is 46.1 Å². The highest BCUT2D eigenvalue weighted by Gasteiger charge is 2.40. The summed E-state index contributed by atoms with van der Waals surface area (Å²) in [5.41, 5.74) is 4.54. The molecule has 1 aliphatic heterocycles. The van der Waals surface area contributed by atoms with Crippen molar-refractivity contribution in [2.24, 2.45) is 4.99 Å². The molecule has 9 nitrogen and oxygen atoms in total. The van der Waals surface area contributed by atoms with E-state index in [9.17, 15) is 9.59 Å². The molecule has 0 aliphatic carbocycles. The molecule has 0 saturated carbocycles. The predicted octanol–water partition coefficient (Wildman–Crippen LogP) is 4.55. The monoisotopic (exact) mass is 542 g/mol. The molecular weight excluding hydrogens is 512 g/mol. The van der Waals surface area contributed by atoms with Gasteiger partial charge in [-0.15, -0.1) is 21.5 Å². The highest BCUT2D eigenvalue weighted by Crippen LogP contribution is 2.42. The van der Waals surface area contributed by atoms with Crippen LogP contribution in [0.4, 0.5) is 0 Å². The zero-order chi connectivity index (χ0) is 26.7. The van der Waals surface area contributed by atoms with Crippen molar-refractivity contribution in [3.05, 3.63) is 62.5 Å². The number of nitrogens with one attached hydrogen (secondary N) is 2. The summed E-state index contributed by atoms with van der Waals surface area (Å²) in [5.74, 6) is 0.823. The highest BCUT2D eigenvalue weighted by atomic mass is 35.5. The van der Waals surface area contributed by atoms with Crippen molar-refractivity contribution in [3.63, 3.8) is 0 Å². The van der Waals surface area contributed by atoms with E-state index < -0.39 is 11.4 Å². The summed E-state index contributed by atoms with van der Waals surface area (Å²) >= 11 is 7.85. The van der Waals surface area contributed by atoms with Crippen molar-refractivity contribution in [1.29, 1.82) is 0 Å². The predicted molar refractivity (Wildman–Crippen MR) is 144 cm³/mol. The van der Waals surface area contributed by atoms with Crippen LogP contribution in [0.3, 0.4) is 0 Å². The molecule has 3 aromatic rings. The van der Waals surface area contributed by atoms with E-state index in [1.807, 2.05) is 42.7 Å². The lowest BCUT2D eigenvalue weighted by molar-refractivity contribution is -0.129. The molecule has 2 aromatic heterocycles. The lowest BCUT2D eigenvalue weighted by atomic mass is 9.95. The molecule has 4 rings (SSSR count). The quantitative estimate of drug-likeness (QED) is 0.208. The molecule has 0 unspecified atom stereocenters. The SMILES string of the molecule is Cc1sc2c(c1C)C(c1ccc(Cl)cc1)=N[C@@](C)(CC(=O)NCCCCCC(=O)NO)c1nnc(C)n1-2. The van der Waals surface area contributed by atoms with Gasteiger partial charge in [-0.25, -0.2) is 5.48 Å². The average Bonchev–Trinajstić information content (AvgIpc) is 3.36. The first-order chi connectivity index (χ1) is 17.6. The number of aliphatic imine (C=N–C) groups is 1. The number of amides is 2. The summed E-state index contributed by atoms with van der Waals surface area (Å²) in [4.78, 5) is 30.6. The first kappa shape index (κ1) is 27.0. The van der Waals surface area contributed by atoms with Crippen LogP contribution in [0.25, 0.3) is 5.00 Å². The summed E-state index contributed by atoms with van der Waals surface area (Å²) in [6.45, 7) is 8.51. The number of nitrogens with zero attached hydrogens (tertiary/aromatic N) is 4. The zero-order valence-corrected chi connectivity index (χ0v) is 23.0. The number of aromatic nitrogens is 3. The summed E-state index contributed by atoms with van der Waals surface area (Å²) in [6, 6.07) is 7.60. The molecule has 0 radical (unpaired) electrons. The van der Waals surface area contributed by atoms with Gasteiger partial charge in [-0.2, -0.15) is 0 Å². The van der Waals surface area contributed by atoms with E-state index in [4.69, 9.17) is 21.8 Å². The number of unbranched alkanes of at least 4 members (excludes halogenated alkanes) is 2. The maximum absolute atomic E-state index is 13.1. The highest BCUT2D eigenvalue weighted by molar-refractivity contribution is 7.15. The van der Waals surface area contributed by atoms with Crippen LogP contribution in [0.1, 0.15) is 72.2 Å². The third kappa shape index (κ3) is 5.61. The van der Waals surface area contributed by atoms with Crippen molar-refractivity contribution >= 4 is 40.5 Å². The largest absolute Gasteiger partial charge is 0.356 e. The van der Waals surface area contributed by atoms with E-state index in [2.05, 4.69) is 29.4 Å². The number of carbonyl (C=O) groups excluding carboxylic acids is 2. The Balaban J connectivity index is 1.64. The summed E-state index contributed by atoms with van der Waals surface area (Å²) in [7, 11) is 0. The summed E-state index contributed by atoms with van der Waals surface area (Å²) in [6.07, 6.45) is 2.48. The number of hydroxylamine groups is 1. The molecule has 1 aromatic carbocycles. The van der Waals surface area contributed by atoms with Gasteiger partial charge in [0.2, 0.25) is 11.8 Å². The van der Waals surface area contributed by atoms with Crippen molar-refractivity contribution in [3.8, 4) is 5.00 Å². The van der Waals surface area contributed by atoms with Crippen LogP contribution < -0.4 is 10.8 Å². The molecule has 0 saturated heterocycles. The summed E-state index contributed by atoms with van der Waals surface area (Å²) in [5, 5.41) is 22.1. The van der Waals surface area contributed by atoms with Crippen molar-refractivity contribution in [1.82, 2.24) is 25.6 Å². The van der Waals surface area contributed by atoms with Crippen LogP contribution in [0.2, 0.25) is 5.02 Å². The second kappa shape index (κ2) is 11.1. The lowest BCUT2D eigenvalue weighted by Gasteiger charge is -2.24. The Morgan fingerprint density at radius 1 is 1.08 bits per heavy atom. The maximum atomic E-state index is 13.1. The Morgan fingerprint density at radius 2 is 1.81 bits per heavy atom. The van der Waals surface area contributed by atoms with Gasteiger partial charge in [-0.3, -0.25) is 24.4 Å². The number of rotatable bonds is 9. The summed E-state index contributed by atoms with van der Waals surface area (Å²) < 4.78 is 2.03. The van der Waals surface area contributed by atoms with Gasteiger partial charge in [-0.05, 0) is 58.2 Å². The smallest absolute Gasteiger partial charge is 0.243 e. The number of hydrogen-bond donors (Lipinski definition) is 3. The number of aryl methyl sites for hydroxylation is 2. The van der Waals surface area contributed by atoms with Gasteiger partial charge < -0.3 is 5.32 Å². The number of carbonyl (C=O) groups is 2. The Morgan fingerprint density at radius 3 is 2.51 bits per heavy atom. The van der Waals surface area contributed by atoms with Crippen molar-refractivity contribution in [2.75, 3.05) is 6.54 Å². The second-order valence-corrected chi connectivity index (χ2v) is 11.1. The van der Waals surface area contributed by atoms with Crippen LogP contribution in [0.5, 0.6) is 0 Å². The first-order valence-electron chi connectivity index (χ1n) is 12.2. The van der Waals surface area contributed by atoms with Gasteiger partial charge in [0.15, 0.2) is 5.82 Å². The van der Waals surface area contributed by atoms with E-state index >= 15 is 0 Å². The van der Waals surface area contributed by atoms with Crippen molar-refractivity contribution in [2.45, 2.75) is 65.3 Å². The molecule has 2 amide bonds. The fourth-order valence-electron chi connectivity index (χ4n) is 4.53. The number of fused-ring (bicyclic) bond motifs is 3. The number of halogens is 1. The van der Waals surface area contributed by atoms with Gasteiger partial charge >= 0.3 is 0 Å². The van der Waals surface area contributed by atoms with Crippen LogP contribution in [0, 0.1) is 20.8 Å². The van der Waals surface area contributed by atoms with Gasteiger partial charge in [0.25, 0.3) is 0 Å². The minimum atomic E-state index is -0.960. The van der Waals surface area contributed by atoms with E-state index in [1.165, 1.54) is 4.88 Å².